The second kappa shape index (κ2) is 8.14. The molecule has 0 aliphatic heterocycles. The number of benzene rings is 1. The Bertz CT molecular complexity index is 1190. The molecule has 4 aromatic rings. The minimum Gasteiger partial charge on any atom is -0.466 e. The van der Waals surface area contributed by atoms with Gasteiger partial charge in [0, 0.05) is 18.7 Å². The summed E-state index contributed by atoms with van der Waals surface area (Å²) in [5, 5.41) is 4.72. The Balaban J connectivity index is 1.81. The maximum atomic E-state index is 13.7. The maximum absolute atomic E-state index is 13.7. The van der Waals surface area contributed by atoms with Crippen LogP contribution in [0, 0.1) is 20.8 Å². The summed E-state index contributed by atoms with van der Waals surface area (Å²) in [5.41, 5.74) is 4.16. The van der Waals surface area contributed by atoms with Gasteiger partial charge in [0.1, 0.15) is 11.5 Å². The number of nitrogens with zero attached hydrogens (tertiary/aromatic N) is 3. The number of aryl methyl sites for hydroxylation is 3. The molecular formula is C24H25N3O3. The minimum absolute atomic E-state index is 0.0569. The van der Waals surface area contributed by atoms with Crippen molar-refractivity contribution in [3.8, 4) is 11.3 Å². The molecule has 0 saturated heterocycles. The van der Waals surface area contributed by atoms with Crippen molar-refractivity contribution in [2.45, 2.75) is 40.7 Å². The number of fused-ring (bicyclic) bond motifs is 1. The van der Waals surface area contributed by atoms with Crippen LogP contribution in [0.4, 0.5) is 0 Å². The van der Waals surface area contributed by atoms with Crippen molar-refractivity contribution in [3.63, 3.8) is 0 Å². The third-order valence-electron chi connectivity index (χ3n) is 5.16. The van der Waals surface area contributed by atoms with Gasteiger partial charge in [0.2, 0.25) is 0 Å². The number of amides is 1. The lowest BCUT2D eigenvalue weighted by Crippen LogP contribution is -2.31. The van der Waals surface area contributed by atoms with Gasteiger partial charge in [-0.1, -0.05) is 42.4 Å². The zero-order valence-electron chi connectivity index (χ0n) is 17.7. The second-order valence-corrected chi connectivity index (χ2v) is 7.54. The zero-order valence-corrected chi connectivity index (χ0v) is 17.7. The number of pyridine rings is 1. The number of hydrogen-bond acceptors (Lipinski definition) is 5. The van der Waals surface area contributed by atoms with E-state index in [1.54, 1.807) is 0 Å². The molecule has 0 saturated carbocycles. The number of carbonyl (C=O) groups excluding carboxylic acids is 1. The molecule has 0 N–H and O–H groups in total. The standard InChI is InChI=1S/C24H25N3O3/c1-5-11-27(14-18-9-7-6-8-10-18)24(28)20-13-21(19-12-15(2)29-17(19)4)25-23-22(20)16(3)26-30-23/h6-10,12-13H,5,11,14H2,1-4H3. The molecule has 0 unspecified atom stereocenters. The van der Waals surface area contributed by atoms with Crippen molar-refractivity contribution in [1.82, 2.24) is 15.0 Å². The molecule has 0 atom stereocenters. The molecule has 0 aliphatic carbocycles. The van der Waals surface area contributed by atoms with Crippen LogP contribution in [0.1, 0.15) is 46.5 Å². The van der Waals surface area contributed by atoms with Gasteiger partial charge < -0.3 is 13.8 Å². The molecule has 4 rings (SSSR count). The average Bonchev–Trinajstić information content (AvgIpc) is 3.28. The predicted molar refractivity (Wildman–Crippen MR) is 115 cm³/mol. The SMILES string of the molecule is CCCN(Cc1ccccc1)C(=O)c1cc(-c2cc(C)oc2C)nc2onc(C)c12. The molecule has 0 fully saturated rings. The van der Waals surface area contributed by atoms with E-state index in [0.717, 1.165) is 29.1 Å². The normalized spacial score (nSPS) is 11.2. The highest BCUT2D eigenvalue weighted by molar-refractivity contribution is 6.07. The monoisotopic (exact) mass is 403 g/mol. The van der Waals surface area contributed by atoms with Crippen molar-refractivity contribution >= 4 is 17.0 Å². The van der Waals surface area contributed by atoms with Gasteiger partial charge in [-0.2, -0.15) is 0 Å². The fourth-order valence-electron chi connectivity index (χ4n) is 3.78. The highest BCUT2D eigenvalue weighted by Gasteiger charge is 2.24. The Labute approximate surface area is 175 Å². The largest absolute Gasteiger partial charge is 0.466 e. The summed E-state index contributed by atoms with van der Waals surface area (Å²) in [4.78, 5) is 20.2. The van der Waals surface area contributed by atoms with Gasteiger partial charge in [0.25, 0.3) is 11.6 Å². The van der Waals surface area contributed by atoms with Gasteiger partial charge in [-0.15, -0.1) is 0 Å². The Hall–Kier alpha value is -3.41. The molecule has 3 aromatic heterocycles. The van der Waals surface area contributed by atoms with Crippen LogP contribution in [0.5, 0.6) is 0 Å². The smallest absolute Gasteiger partial charge is 0.259 e. The molecule has 154 valence electrons. The van der Waals surface area contributed by atoms with Crippen molar-refractivity contribution in [1.29, 1.82) is 0 Å². The van der Waals surface area contributed by atoms with E-state index in [9.17, 15) is 4.79 Å². The Morgan fingerprint density at radius 2 is 1.87 bits per heavy atom. The van der Waals surface area contributed by atoms with Gasteiger partial charge in [0.05, 0.1) is 22.3 Å². The molecule has 0 aliphatic rings. The lowest BCUT2D eigenvalue weighted by atomic mass is 10.0. The fourth-order valence-corrected chi connectivity index (χ4v) is 3.78. The Kier molecular flexibility index (Phi) is 5.40. The van der Waals surface area contributed by atoms with Crippen LogP contribution in [-0.2, 0) is 6.54 Å². The number of rotatable bonds is 6. The second-order valence-electron chi connectivity index (χ2n) is 7.54. The third-order valence-corrected chi connectivity index (χ3v) is 5.16. The van der Waals surface area contributed by atoms with Crippen molar-refractivity contribution in [2.75, 3.05) is 6.54 Å². The highest BCUT2D eigenvalue weighted by Crippen LogP contribution is 2.31. The van der Waals surface area contributed by atoms with E-state index in [0.29, 0.717) is 41.1 Å². The number of aromatic nitrogens is 2. The summed E-state index contributed by atoms with van der Waals surface area (Å²) in [6.07, 6.45) is 0.863. The van der Waals surface area contributed by atoms with Gasteiger partial charge in [-0.3, -0.25) is 4.79 Å². The first kappa shape index (κ1) is 19.9. The molecule has 0 radical (unpaired) electrons. The predicted octanol–water partition coefficient (Wildman–Crippen LogP) is 5.46. The average molecular weight is 403 g/mol. The lowest BCUT2D eigenvalue weighted by Gasteiger charge is -2.23. The van der Waals surface area contributed by atoms with Crippen LogP contribution in [0.25, 0.3) is 22.4 Å². The molecule has 0 bridgehead atoms. The fraction of sp³-hybridized carbons (Fsp3) is 0.292. The molecule has 1 aromatic carbocycles. The quantitative estimate of drug-likeness (QED) is 0.427. The van der Waals surface area contributed by atoms with Crippen LogP contribution in [-0.4, -0.2) is 27.5 Å². The maximum Gasteiger partial charge on any atom is 0.259 e. The molecular weight excluding hydrogens is 378 g/mol. The summed E-state index contributed by atoms with van der Waals surface area (Å²) in [5.74, 6) is 1.49. The van der Waals surface area contributed by atoms with E-state index in [2.05, 4.69) is 17.1 Å². The molecule has 3 heterocycles. The minimum atomic E-state index is -0.0569. The molecule has 6 heteroatoms. The van der Waals surface area contributed by atoms with Crippen LogP contribution in [0.15, 0.2) is 51.4 Å². The van der Waals surface area contributed by atoms with E-state index in [1.807, 2.05) is 68.1 Å². The Morgan fingerprint density at radius 1 is 1.10 bits per heavy atom. The summed E-state index contributed by atoms with van der Waals surface area (Å²) in [6.45, 7) is 8.88. The third kappa shape index (κ3) is 3.73. The summed E-state index contributed by atoms with van der Waals surface area (Å²) >= 11 is 0. The van der Waals surface area contributed by atoms with E-state index < -0.39 is 0 Å². The first-order valence-electron chi connectivity index (χ1n) is 10.2. The van der Waals surface area contributed by atoms with Gasteiger partial charge >= 0.3 is 0 Å². The molecule has 6 nitrogen and oxygen atoms in total. The summed E-state index contributed by atoms with van der Waals surface area (Å²) in [6, 6.07) is 13.8. The van der Waals surface area contributed by atoms with Crippen LogP contribution in [0.3, 0.4) is 0 Å². The summed E-state index contributed by atoms with van der Waals surface area (Å²) < 4.78 is 11.1. The summed E-state index contributed by atoms with van der Waals surface area (Å²) in [7, 11) is 0. The molecule has 1 amide bonds. The van der Waals surface area contributed by atoms with E-state index in [-0.39, 0.29) is 5.91 Å². The number of furan rings is 1. The van der Waals surface area contributed by atoms with Gasteiger partial charge in [-0.05, 0) is 44.9 Å². The molecule has 0 spiro atoms. The topological polar surface area (TPSA) is 72.4 Å². The van der Waals surface area contributed by atoms with E-state index in [4.69, 9.17) is 8.94 Å². The Morgan fingerprint density at radius 3 is 2.53 bits per heavy atom. The van der Waals surface area contributed by atoms with Crippen molar-refractivity contribution in [2.24, 2.45) is 0 Å². The van der Waals surface area contributed by atoms with Crippen LogP contribution < -0.4 is 0 Å². The zero-order chi connectivity index (χ0) is 21.3. The first-order valence-corrected chi connectivity index (χ1v) is 10.2. The van der Waals surface area contributed by atoms with Gasteiger partial charge in [-0.25, -0.2) is 4.98 Å². The lowest BCUT2D eigenvalue weighted by molar-refractivity contribution is 0.0745. The van der Waals surface area contributed by atoms with Crippen LogP contribution in [0.2, 0.25) is 0 Å². The van der Waals surface area contributed by atoms with Gasteiger partial charge in [0.15, 0.2) is 0 Å². The van der Waals surface area contributed by atoms with Crippen LogP contribution >= 0.6 is 0 Å². The van der Waals surface area contributed by atoms with E-state index in [1.165, 1.54) is 0 Å². The number of hydrogen-bond donors (Lipinski definition) is 0. The van der Waals surface area contributed by atoms with Crippen molar-refractivity contribution in [3.05, 3.63) is 70.8 Å². The first-order chi connectivity index (χ1) is 14.5. The van der Waals surface area contributed by atoms with Crippen molar-refractivity contribution < 1.29 is 13.7 Å². The highest BCUT2D eigenvalue weighted by atomic mass is 16.5. The van der Waals surface area contributed by atoms with E-state index >= 15 is 0 Å². The number of carbonyl (C=O) groups is 1. The molecule has 30 heavy (non-hydrogen) atoms.